The zero-order valence-corrected chi connectivity index (χ0v) is 11.6. The molecule has 0 amide bonds. The van der Waals surface area contributed by atoms with Crippen LogP contribution in [-0.4, -0.2) is 7.11 Å². The first-order valence-corrected chi connectivity index (χ1v) is 5.58. The van der Waals surface area contributed by atoms with Crippen LogP contribution < -0.4 is 10.5 Å². The van der Waals surface area contributed by atoms with E-state index in [0.717, 1.165) is 28.4 Å². The fraction of sp³-hybridized carbons (Fsp3) is 0.286. The molecule has 98 valence electrons. The lowest BCUT2D eigenvalue weighted by atomic mass is 10.00. The average Bonchev–Trinajstić information content (AvgIpc) is 2.75. The minimum absolute atomic E-state index is 0. The summed E-state index contributed by atoms with van der Waals surface area (Å²) in [6, 6.07) is 9.49. The summed E-state index contributed by atoms with van der Waals surface area (Å²) in [4.78, 5) is 0. The minimum atomic E-state index is -0.227. The summed E-state index contributed by atoms with van der Waals surface area (Å²) in [5, 5.41) is 0. The van der Waals surface area contributed by atoms with E-state index in [1.54, 1.807) is 7.11 Å². The first-order chi connectivity index (χ1) is 8.11. The molecule has 2 N–H and O–H groups in total. The molecule has 0 radical (unpaired) electrons. The Bertz CT molecular complexity index is 522. The first kappa shape index (κ1) is 14.6. The smallest absolute Gasteiger partial charge is 0.125 e. The SMILES string of the molecule is COc1ccc(C(N)c2ccc(C)o2)c(C)c1.Cl. The van der Waals surface area contributed by atoms with Crippen LogP contribution in [0.3, 0.4) is 0 Å². The molecular formula is C14H18ClNO2. The highest BCUT2D eigenvalue weighted by Crippen LogP contribution is 2.26. The number of hydrogen-bond acceptors (Lipinski definition) is 3. The number of nitrogens with two attached hydrogens (primary N) is 1. The Hall–Kier alpha value is -1.45. The molecule has 0 aliphatic rings. The van der Waals surface area contributed by atoms with Gasteiger partial charge in [0.25, 0.3) is 0 Å². The van der Waals surface area contributed by atoms with Gasteiger partial charge in [0.2, 0.25) is 0 Å². The fourth-order valence-corrected chi connectivity index (χ4v) is 1.90. The van der Waals surface area contributed by atoms with E-state index in [4.69, 9.17) is 14.9 Å². The van der Waals surface area contributed by atoms with Crippen molar-refractivity contribution in [2.45, 2.75) is 19.9 Å². The zero-order valence-electron chi connectivity index (χ0n) is 10.8. The van der Waals surface area contributed by atoms with Gasteiger partial charge >= 0.3 is 0 Å². The second-order valence-electron chi connectivity index (χ2n) is 4.15. The molecule has 1 aromatic carbocycles. The Labute approximate surface area is 113 Å². The molecule has 4 heteroatoms. The van der Waals surface area contributed by atoms with Gasteiger partial charge in [-0.3, -0.25) is 0 Å². The quantitative estimate of drug-likeness (QED) is 0.927. The van der Waals surface area contributed by atoms with E-state index in [0.29, 0.717) is 0 Å². The predicted molar refractivity (Wildman–Crippen MR) is 74.5 cm³/mol. The van der Waals surface area contributed by atoms with Crippen LogP contribution in [-0.2, 0) is 0 Å². The van der Waals surface area contributed by atoms with Crippen LogP contribution in [0.15, 0.2) is 34.7 Å². The molecule has 0 saturated carbocycles. The lowest BCUT2D eigenvalue weighted by Gasteiger charge is -2.13. The molecule has 1 atom stereocenters. The van der Waals surface area contributed by atoms with Gasteiger partial charge in [-0.2, -0.15) is 0 Å². The van der Waals surface area contributed by atoms with Crippen molar-refractivity contribution < 1.29 is 9.15 Å². The van der Waals surface area contributed by atoms with Gasteiger partial charge in [-0.05, 0) is 49.2 Å². The summed E-state index contributed by atoms with van der Waals surface area (Å²) in [6.45, 7) is 3.94. The Kier molecular flexibility index (Phi) is 4.82. The Morgan fingerprint density at radius 1 is 1.17 bits per heavy atom. The molecule has 2 aromatic rings. The monoisotopic (exact) mass is 267 g/mol. The van der Waals surface area contributed by atoms with Crippen molar-refractivity contribution in [1.29, 1.82) is 0 Å². The summed E-state index contributed by atoms with van der Waals surface area (Å²) in [6.07, 6.45) is 0. The van der Waals surface area contributed by atoms with Crippen molar-refractivity contribution in [1.82, 2.24) is 0 Å². The highest BCUT2D eigenvalue weighted by atomic mass is 35.5. The number of halogens is 1. The standard InChI is InChI=1S/C14H17NO2.ClH/c1-9-8-11(16-3)5-6-12(9)14(15)13-7-4-10(2)17-13;/h4-8,14H,15H2,1-3H3;1H. The van der Waals surface area contributed by atoms with Crippen LogP contribution >= 0.6 is 12.4 Å². The van der Waals surface area contributed by atoms with Gasteiger partial charge in [0, 0.05) is 0 Å². The van der Waals surface area contributed by atoms with E-state index >= 15 is 0 Å². The summed E-state index contributed by atoms with van der Waals surface area (Å²) in [5.41, 5.74) is 8.35. The molecule has 3 nitrogen and oxygen atoms in total. The molecule has 1 unspecified atom stereocenters. The minimum Gasteiger partial charge on any atom is -0.497 e. The number of furan rings is 1. The van der Waals surface area contributed by atoms with Crippen molar-refractivity contribution in [3.05, 3.63) is 53.0 Å². The van der Waals surface area contributed by atoms with Crippen molar-refractivity contribution in [2.24, 2.45) is 5.73 Å². The number of ether oxygens (including phenoxy) is 1. The summed E-state index contributed by atoms with van der Waals surface area (Å²) in [7, 11) is 1.66. The molecule has 1 aromatic heterocycles. The lowest BCUT2D eigenvalue weighted by Crippen LogP contribution is -2.12. The van der Waals surface area contributed by atoms with E-state index in [1.165, 1.54) is 0 Å². The van der Waals surface area contributed by atoms with E-state index in [-0.39, 0.29) is 18.4 Å². The van der Waals surface area contributed by atoms with E-state index in [9.17, 15) is 0 Å². The summed E-state index contributed by atoms with van der Waals surface area (Å²) < 4.78 is 10.7. The van der Waals surface area contributed by atoms with Gasteiger partial charge in [0.05, 0.1) is 13.2 Å². The maximum Gasteiger partial charge on any atom is 0.125 e. The Balaban J connectivity index is 0.00000162. The summed E-state index contributed by atoms with van der Waals surface area (Å²) in [5.74, 6) is 2.51. The lowest BCUT2D eigenvalue weighted by molar-refractivity contribution is 0.414. The third-order valence-electron chi connectivity index (χ3n) is 2.88. The molecule has 0 saturated heterocycles. The highest BCUT2D eigenvalue weighted by Gasteiger charge is 2.15. The van der Waals surface area contributed by atoms with Crippen molar-refractivity contribution >= 4 is 12.4 Å². The highest BCUT2D eigenvalue weighted by molar-refractivity contribution is 5.85. The third-order valence-corrected chi connectivity index (χ3v) is 2.88. The first-order valence-electron chi connectivity index (χ1n) is 5.58. The Morgan fingerprint density at radius 3 is 2.39 bits per heavy atom. The topological polar surface area (TPSA) is 48.4 Å². The molecule has 0 aliphatic carbocycles. The van der Waals surface area contributed by atoms with Crippen LogP contribution in [0.25, 0.3) is 0 Å². The fourth-order valence-electron chi connectivity index (χ4n) is 1.90. The second kappa shape index (κ2) is 5.94. The van der Waals surface area contributed by atoms with Crippen LogP contribution in [0.2, 0.25) is 0 Å². The third kappa shape index (κ3) is 2.86. The molecular weight excluding hydrogens is 250 g/mol. The molecule has 2 rings (SSSR count). The molecule has 18 heavy (non-hydrogen) atoms. The van der Waals surface area contributed by atoms with Crippen LogP contribution in [0, 0.1) is 13.8 Å². The maximum absolute atomic E-state index is 6.19. The van der Waals surface area contributed by atoms with Gasteiger partial charge in [0.1, 0.15) is 17.3 Å². The van der Waals surface area contributed by atoms with Gasteiger partial charge in [0.15, 0.2) is 0 Å². The number of benzene rings is 1. The average molecular weight is 268 g/mol. The number of rotatable bonds is 3. The number of aryl methyl sites for hydroxylation is 2. The van der Waals surface area contributed by atoms with E-state index < -0.39 is 0 Å². The van der Waals surface area contributed by atoms with E-state index in [2.05, 4.69) is 0 Å². The van der Waals surface area contributed by atoms with Gasteiger partial charge < -0.3 is 14.9 Å². The van der Waals surface area contributed by atoms with Gasteiger partial charge in [-0.15, -0.1) is 12.4 Å². The molecule has 0 aliphatic heterocycles. The van der Waals surface area contributed by atoms with Crippen molar-refractivity contribution in [2.75, 3.05) is 7.11 Å². The largest absolute Gasteiger partial charge is 0.497 e. The van der Waals surface area contributed by atoms with E-state index in [1.807, 2.05) is 44.2 Å². The van der Waals surface area contributed by atoms with Crippen LogP contribution in [0.5, 0.6) is 5.75 Å². The molecule has 0 spiro atoms. The van der Waals surface area contributed by atoms with Crippen molar-refractivity contribution in [3.63, 3.8) is 0 Å². The normalized spacial score (nSPS) is 11.8. The van der Waals surface area contributed by atoms with Gasteiger partial charge in [-0.25, -0.2) is 0 Å². The van der Waals surface area contributed by atoms with Crippen LogP contribution in [0.1, 0.15) is 28.7 Å². The molecule has 0 bridgehead atoms. The van der Waals surface area contributed by atoms with Crippen LogP contribution in [0.4, 0.5) is 0 Å². The summed E-state index contributed by atoms with van der Waals surface area (Å²) >= 11 is 0. The van der Waals surface area contributed by atoms with Crippen molar-refractivity contribution in [3.8, 4) is 5.75 Å². The molecule has 0 fully saturated rings. The number of hydrogen-bond donors (Lipinski definition) is 1. The second-order valence-corrected chi connectivity index (χ2v) is 4.15. The molecule has 1 heterocycles. The number of methoxy groups -OCH3 is 1. The Morgan fingerprint density at radius 2 is 1.89 bits per heavy atom. The zero-order chi connectivity index (χ0) is 12.4. The maximum atomic E-state index is 6.19. The predicted octanol–water partition coefficient (Wildman–Crippen LogP) is 3.37. The van der Waals surface area contributed by atoms with Gasteiger partial charge in [-0.1, -0.05) is 6.07 Å².